The quantitative estimate of drug-likeness (QED) is 0.778. The predicted octanol–water partition coefficient (Wildman–Crippen LogP) is 2.15. The van der Waals surface area contributed by atoms with Crippen molar-refractivity contribution in [2.75, 3.05) is 25.6 Å². The molecule has 0 radical (unpaired) electrons. The normalized spacial score (nSPS) is 12.5. The van der Waals surface area contributed by atoms with Crippen LogP contribution >= 0.6 is 11.6 Å². The van der Waals surface area contributed by atoms with Crippen LogP contribution in [0.5, 0.6) is 0 Å². The van der Waals surface area contributed by atoms with Gasteiger partial charge in [0.15, 0.2) is 0 Å². The predicted molar refractivity (Wildman–Crippen MR) is 66.1 cm³/mol. The number of ether oxygens (including phenoxy) is 1. The first kappa shape index (κ1) is 13.2. The van der Waals surface area contributed by atoms with Crippen LogP contribution in [0.2, 0.25) is 0 Å². The molecule has 0 spiro atoms. The van der Waals surface area contributed by atoms with E-state index in [4.69, 9.17) is 16.3 Å². The number of anilines is 1. The lowest BCUT2D eigenvalue weighted by molar-refractivity contribution is 0.196. The molecular weight excluding hydrogens is 226 g/mol. The minimum absolute atomic E-state index is 0.0376. The zero-order valence-electron chi connectivity index (χ0n) is 9.96. The summed E-state index contributed by atoms with van der Waals surface area (Å²) in [6, 6.07) is 0. The summed E-state index contributed by atoms with van der Waals surface area (Å²) >= 11 is 6.02. The van der Waals surface area contributed by atoms with Crippen molar-refractivity contribution in [1.82, 2.24) is 9.97 Å². The zero-order valence-corrected chi connectivity index (χ0v) is 10.7. The van der Waals surface area contributed by atoms with Crippen LogP contribution in [0.3, 0.4) is 0 Å². The Hall–Kier alpha value is -0.870. The Balaban J connectivity index is 2.39. The Labute approximate surface area is 101 Å². The van der Waals surface area contributed by atoms with Crippen molar-refractivity contribution in [2.45, 2.75) is 25.6 Å². The maximum Gasteiger partial charge on any atom is 0.147 e. The standard InChI is InChI=1S/C11H18ClN3O/c1-8-6-14-9(2)11(15-8)13-5-4-10(12)7-16-3/h6,10H,4-5,7H2,1-3H3,(H,13,15). The highest BCUT2D eigenvalue weighted by atomic mass is 35.5. The molecule has 1 N–H and O–H groups in total. The third kappa shape index (κ3) is 4.33. The number of aryl methyl sites for hydroxylation is 2. The summed E-state index contributed by atoms with van der Waals surface area (Å²) in [6.45, 7) is 5.20. The molecule has 4 nitrogen and oxygen atoms in total. The fourth-order valence-corrected chi connectivity index (χ4v) is 1.55. The Kier molecular flexibility index (Phi) is 5.49. The lowest BCUT2D eigenvalue weighted by Crippen LogP contribution is -2.14. The number of aromatic nitrogens is 2. The van der Waals surface area contributed by atoms with Gasteiger partial charge in [0.25, 0.3) is 0 Å². The number of alkyl halides is 1. The summed E-state index contributed by atoms with van der Waals surface area (Å²) in [5.41, 5.74) is 1.82. The monoisotopic (exact) mass is 243 g/mol. The first-order valence-corrected chi connectivity index (χ1v) is 5.74. The molecule has 0 amide bonds. The maximum atomic E-state index is 6.02. The van der Waals surface area contributed by atoms with E-state index in [2.05, 4.69) is 15.3 Å². The SMILES string of the molecule is COCC(Cl)CCNc1nc(C)cnc1C. The largest absolute Gasteiger partial charge is 0.383 e. The number of nitrogens with zero attached hydrogens (tertiary/aromatic N) is 2. The summed E-state index contributed by atoms with van der Waals surface area (Å²) in [7, 11) is 1.65. The van der Waals surface area contributed by atoms with E-state index in [1.54, 1.807) is 13.3 Å². The molecule has 0 saturated heterocycles. The highest BCUT2D eigenvalue weighted by Crippen LogP contribution is 2.09. The molecule has 0 fully saturated rings. The van der Waals surface area contributed by atoms with Crippen LogP contribution in [-0.4, -0.2) is 35.6 Å². The van der Waals surface area contributed by atoms with Crippen LogP contribution in [-0.2, 0) is 4.74 Å². The van der Waals surface area contributed by atoms with E-state index in [0.29, 0.717) is 6.61 Å². The molecule has 0 aromatic carbocycles. The average Bonchev–Trinajstić information content (AvgIpc) is 2.23. The van der Waals surface area contributed by atoms with Gasteiger partial charge in [0.2, 0.25) is 0 Å². The second kappa shape index (κ2) is 6.66. The summed E-state index contributed by atoms with van der Waals surface area (Å²) in [4.78, 5) is 8.60. The van der Waals surface area contributed by atoms with Crippen molar-refractivity contribution >= 4 is 17.4 Å². The molecule has 1 unspecified atom stereocenters. The van der Waals surface area contributed by atoms with Gasteiger partial charge >= 0.3 is 0 Å². The van der Waals surface area contributed by atoms with Gasteiger partial charge in [0.1, 0.15) is 5.82 Å². The summed E-state index contributed by atoms with van der Waals surface area (Å²) in [5.74, 6) is 0.835. The molecule has 0 aliphatic heterocycles. The van der Waals surface area contributed by atoms with E-state index in [1.807, 2.05) is 13.8 Å². The number of hydrogen-bond donors (Lipinski definition) is 1. The molecule has 0 bridgehead atoms. The molecule has 1 rings (SSSR count). The minimum Gasteiger partial charge on any atom is -0.383 e. The third-order valence-electron chi connectivity index (χ3n) is 2.17. The van der Waals surface area contributed by atoms with Crippen LogP contribution < -0.4 is 5.32 Å². The highest BCUT2D eigenvalue weighted by molar-refractivity contribution is 6.20. The fourth-order valence-electron chi connectivity index (χ4n) is 1.32. The third-order valence-corrected chi connectivity index (χ3v) is 2.52. The van der Waals surface area contributed by atoms with E-state index in [9.17, 15) is 0 Å². The van der Waals surface area contributed by atoms with Crippen molar-refractivity contribution in [3.05, 3.63) is 17.6 Å². The molecular formula is C11H18ClN3O. The molecule has 0 aliphatic rings. The summed E-state index contributed by atoms with van der Waals surface area (Å²) in [6.07, 6.45) is 2.60. The van der Waals surface area contributed by atoms with Crippen molar-refractivity contribution in [3.63, 3.8) is 0 Å². The number of halogens is 1. The van der Waals surface area contributed by atoms with Gasteiger partial charge < -0.3 is 10.1 Å². The van der Waals surface area contributed by atoms with Gasteiger partial charge in [0.05, 0.1) is 23.4 Å². The molecule has 0 aliphatic carbocycles. The number of methoxy groups -OCH3 is 1. The van der Waals surface area contributed by atoms with E-state index in [-0.39, 0.29) is 5.38 Å². The molecule has 1 aromatic heterocycles. The smallest absolute Gasteiger partial charge is 0.147 e. The van der Waals surface area contributed by atoms with Crippen molar-refractivity contribution < 1.29 is 4.74 Å². The van der Waals surface area contributed by atoms with Gasteiger partial charge in [0, 0.05) is 19.9 Å². The second-order valence-corrected chi connectivity index (χ2v) is 4.33. The lowest BCUT2D eigenvalue weighted by atomic mass is 10.3. The number of rotatable bonds is 6. The Morgan fingerprint density at radius 1 is 1.50 bits per heavy atom. The molecule has 1 atom stereocenters. The molecule has 90 valence electrons. The zero-order chi connectivity index (χ0) is 12.0. The van der Waals surface area contributed by atoms with Gasteiger partial charge in [-0.15, -0.1) is 11.6 Å². The molecule has 5 heteroatoms. The highest BCUT2D eigenvalue weighted by Gasteiger charge is 2.05. The average molecular weight is 244 g/mol. The fraction of sp³-hybridized carbons (Fsp3) is 0.636. The van der Waals surface area contributed by atoms with Crippen LogP contribution in [0.15, 0.2) is 6.20 Å². The minimum atomic E-state index is 0.0376. The summed E-state index contributed by atoms with van der Waals surface area (Å²) < 4.78 is 4.96. The topological polar surface area (TPSA) is 47.0 Å². The number of nitrogens with one attached hydrogen (secondary N) is 1. The maximum absolute atomic E-state index is 6.02. The lowest BCUT2D eigenvalue weighted by Gasteiger charge is -2.11. The summed E-state index contributed by atoms with van der Waals surface area (Å²) in [5, 5.41) is 3.27. The Morgan fingerprint density at radius 2 is 2.25 bits per heavy atom. The molecule has 16 heavy (non-hydrogen) atoms. The van der Waals surface area contributed by atoms with Gasteiger partial charge in [-0.1, -0.05) is 0 Å². The van der Waals surface area contributed by atoms with Gasteiger partial charge in [-0.3, -0.25) is 4.98 Å². The van der Waals surface area contributed by atoms with Gasteiger partial charge in [-0.05, 0) is 20.3 Å². The van der Waals surface area contributed by atoms with E-state index < -0.39 is 0 Å². The van der Waals surface area contributed by atoms with Crippen molar-refractivity contribution in [3.8, 4) is 0 Å². The first-order valence-electron chi connectivity index (χ1n) is 5.30. The Bertz CT molecular complexity index is 333. The number of hydrogen-bond acceptors (Lipinski definition) is 4. The Morgan fingerprint density at radius 3 is 2.94 bits per heavy atom. The van der Waals surface area contributed by atoms with E-state index in [0.717, 1.165) is 30.2 Å². The molecule has 1 aromatic rings. The van der Waals surface area contributed by atoms with Crippen LogP contribution in [0.25, 0.3) is 0 Å². The van der Waals surface area contributed by atoms with Crippen molar-refractivity contribution in [1.29, 1.82) is 0 Å². The molecule has 1 heterocycles. The van der Waals surface area contributed by atoms with Crippen LogP contribution in [0, 0.1) is 13.8 Å². The van der Waals surface area contributed by atoms with Gasteiger partial charge in [-0.25, -0.2) is 4.98 Å². The molecule has 0 saturated carbocycles. The van der Waals surface area contributed by atoms with Crippen LogP contribution in [0.1, 0.15) is 17.8 Å². The second-order valence-electron chi connectivity index (χ2n) is 3.71. The first-order chi connectivity index (χ1) is 7.63. The van der Waals surface area contributed by atoms with Crippen LogP contribution in [0.4, 0.5) is 5.82 Å². The van der Waals surface area contributed by atoms with E-state index >= 15 is 0 Å². The van der Waals surface area contributed by atoms with Crippen molar-refractivity contribution in [2.24, 2.45) is 0 Å². The van der Waals surface area contributed by atoms with Gasteiger partial charge in [-0.2, -0.15) is 0 Å². The van der Waals surface area contributed by atoms with E-state index in [1.165, 1.54) is 0 Å².